The minimum atomic E-state index is -0.0353. The van der Waals surface area contributed by atoms with Crippen LogP contribution in [-0.2, 0) is 9.53 Å². The molecule has 1 N–H and O–H groups in total. The Hall–Kier alpha value is -1.75. The molecule has 1 aliphatic carbocycles. The number of fused-ring (bicyclic) bond motifs is 1. The summed E-state index contributed by atoms with van der Waals surface area (Å²) in [5.41, 5.74) is 2.26. The molecule has 2 fully saturated rings. The molecule has 1 saturated heterocycles. The van der Waals surface area contributed by atoms with E-state index in [0.29, 0.717) is 5.92 Å². The van der Waals surface area contributed by atoms with Gasteiger partial charge in [-0.1, -0.05) is 12.5 Å². The number of benzene rings is 1. The van der Waals surface area contributed by atoms with Gasteiger partial charge in [-0.2, -0.15) is 0 Å². The van der Waals surface area contributed by atoms with E-state index >= 15 is 0 Å². The summed E-state index contributed by atoms with van der Waals surface area (Å²) < 4.78 is 12.2. The molecule has 3 rings (SSSR count). The van der Waals surface area contributed by atoms with Gasteiger partial charge < -0.3 is 19.7 Å². The van der Waals surface area contributed by atoms with Gasteiger partial charge in [0.15, 0.2) is 0 Å². The third kappa shape index (κ3) is 3.83. The first-order chi connectivity index (χ1) is 12.6. The Bertz CT molecular complexity index is 630. The van der Waals surface area contributed by atoms with Gasteiger partial charge in [0.05, 0.1) is 19.3 Å². The van der Waals surface area contributed by atoms with Crippen LogP contribution in [0.2, 0.25) is 0 Å². The maximum absolute atomic E-state index is 11.7. The lowest BCUT2D eigenvalue weighted by molar-refractivity contribution is -0.124. The number of rotatable bonds is 6. The zero-order chi connectivity index (χ0) is 18.7. The Morgan fingerprint density at radius 2 is 2.08 bits per heavy atom. The highest BCUT2D eigenvalue weighted by atomic mass is 16.5. The summed E-state index contributed by atoms with van der Waals surface area (Å²) in [4.78, 5) is 14.0. The second kappa shape index (κ2) is 8.30. The maximum atomic E-state index is 11.7. The third-order valence-electron chi connectivity index (χ3n) is 5.91. The van der Waals surface area contributed by atoms with Crippen molar-refractivity contribution >= 4 is 11.6 Å². The zero-order valence-electron chi connectivity index (χ0n) is 16.5. The first-order valence-corrected chi connectivity index (χ1v) is 9.92. The monoisotopic (exact) mass is 360 g/mol. The molecule has 1 aliphatic heterocycles. The van der Waals surface area contributed by atoms with Gasteiger partial charge in [0.2, 0.25) is 5.91 Å². The Morgan fingerprint density at radius 3 is 2.73 bits per heavy atom. The van der Waals surface area contributed by atoms with E-state index < -0.39 is 0 Å². The number of ether oxygens (including phenoxy) is 2. The maximum Gasteiger partial charge on any atom is 0.217 e. The molecular weight excluding hydrogens is 328 g/mol. The fourth-order valence-corrected chi connectivity index (χ4v) is 4.63. The largest absolute Gasteiger partial charge is 0.496 e. The second-order valence-electron chi connectivity index (χ2n) is 7.40. The Balaban J connectivity index is 1.86. The average molecular weight is 360 g/mol. The van der Waals surface area contributed by atoms with E-state index in [-0.39, 0.29) is 24.2 Å². The van der Waals surface area contributed by atoms with Gasteiger partial charge >= 0.3 is 0 Å². The quantitative estimate of drug-likeness (QED) is 0.841. The molecule has 0 spiro atoms. The molecule has 0 radical (unpaired) electrons. The Kier molecular flexibility index (Phi) is 6.07. The highest BCUT2D eigenvalue weighted by molar-refractivity contribution is 5.73. The summed E-state index contributed by atoms with van der Waals surface area (Å²) in [7, 11) is 1.72. The van der Waals surface area contributed by atoms with Crippen molar-refractivity contribution in [3.05, 3.63) is 23.8 Å². The predicted molar refractivity (Wildman–Crippen MR) is 104 cm³/mol. The van der Waals surface area contributed by atoms with E-state index in [9.17, 15) is 4.79 Å². The number of hydrogen-bond donors (Lipinski definition) is 1. The highest BCUT2D eigenvalue weighted by Crippen LogP contribution is 2.45. The van der Waals surface area contributed by atoms with Crippen molar-refractivity contribution in [2.45, 2.75) is 64.7 Å². The van der Waals surface area contributed by atoms with E-state index in [1.54, 1.807) is 14.0 Å². The number of anilines is 1. The van der Waals surface area contributed by atoms with E-state index in [2.05, 4.69) is 42.3 Å². The topological polar surface area (TPSA) is 50.8 Å². The smallest absolute Gasteiger partial charge is 0.217 e. The molecule has 5 heteroatoms. The van der Waals surface area contributed by atoms with Gasteiger partial charge in [-0.05, 0) is 39.2 Å². The van der Waals surface area contributed by atoms with Crippen molar-refractivity contribution in [3.63, 3.8) is 0 Å². The van der Waals surface area contributed by atoms with E-state index in [1.807, 2.05) is 0 Å². The van der Waals surface area contributed by atoms with Gasteiger partial charge in [0.1, 0.15) is 5.75 Å². The van der Waals surface area contributed by atoms with Gasteiger partial charge in [0, 0.05) is 49.3 Å². The minimum Gasteiger partial charge on any atom is -0.496 e. The highest BCUT2D eigenvalue weighted by Gasteiger charge is 2.42. The number of nitrogens with zero attached hydrogens (tertiary/aromatic N) is 1. The molecule has 0 unspecified atom stereocenters. The minimum absolute atomic E-state index is 0.0353. The number of hydrogen-bond acceptors (Lipinski definition) is 4. The third-order valence-corrected chi connectivity index (χ3v) is 5.91. The molecule has 5 nitrogen and oxygen atoms in total. The van der Waals surface area contributed by atoms with Crippen molar-refractivity contribution in [1.29, 1.82) is 0 Å². The van der Waals surface area contributed by atoms with Crippen molar-refractivity contribution in [1.82, 2.24) is 5.32 Å². The fourth-order valence-electron chi connectivity index (χ4n) is 4.63. The van der Waals surface area contributed by atoms with Gasteiger partial charge in [-0.25, -0.2) is 0 Å². The lowest BCUT2D eigenvalue weighted by Gasteiger charge is -2.39. The number of carbonyl (C=O) groups is 1. The lowest BCUT2D eigenvalue weighted by Crippen LogP contribution is -2.47. The molecule has 0 aromatic heterocycles. The van der Waals surface area contributed by atoms with Crippen LogP contribution in [0, 0.1) is 5.92 Å². The molecule has 4 atom stereocenters. The van der Waals surface area contributed by atoms with Crippen LogP contribution in [0.15, 0.2) is 18.2 Å². The summed E-state index contributed by atoms with van der Waals surface area (Å²) in [6.07, 6.45) is 4.40. The predicted octanol–water partition coefficient (Wildman–Crippen LogP) is 3.68. The number of carbonyl (C=O) groups excluding carboxylic acids is 1. The Labute approximate surface area is 157 Å². The summed E-state index contributed by atoms with van der Waals surface area (Å²) >= 11 is 0. The van der Waals surface area contributed by atoms with E-state index in [4.69, 9.17) is 9.47 Å². The molecule has 1 amide bonds. The van der Waals surface area contributed by atoms with Gasteiger partial charge in [0.25, 0.3) is 0 Å². The van der Waals surface area contributed by atoms with Gasteiger partial charge in [-0.15, -0.1) is 0 Å². The first kappa shape index (κ1) is 19.0. The second-order valence-corrected chi connectivity index (χ2v) is 7.40. The van der Waals surface area contributed by atoms with Crippen LogP contribution in [-0.4, -0.2) is 38.3 Å². The Morgan fingerprint density at radius 1 is 1.31 bits per heavy atom. The van der Waals surface area contributed by atoms with Crippen molar-refractivity contribution in [2.24, 2.45) is 5.92 Å². The van der Waals surface area contributed by atoms with Crippen LogP contribution >= 0.6 is 0 Å². The van der Waals surface area contributed by atoms with Crippen LogP contribution in [0.25, 0.3) is 0 Å². The number of amides is 1. The summed E-state index contributed by atoms with van der Waals surface area (Å²) in [6, 6.07) is 6.59. The summed E-state index contributed by atoms with van der Waals surface area (Å²) in [5, 5.41) is 3.17. The molecule has 2 aliphatic rings. The van der Waals surface area contributed by atoms with Crippen LogP contribution in [0.4, 0.5) is 5.69 Å². The van der Waals surface area contributed by atoms with Gasteiger partial charge in [-0.3, -0.25) is 4.79 Å². The van der Waals surface area contributed by atoms with Crippen molar-refractivity contribution < 1.29 is 14.3 Å². The fraction of sp³-hybridized carbons (Fsp3) is 0.667. The number of methoxy groups -OCH3 is 1. The zero-order valence-corrected chi connectivity index (χ0v) is 16.5. The molecule has 144 valence electrons. The van der Waals surface area contributed by atoms with Crippen molar-refractivity contribution in [3.8, 4) is 5.75 Å². The summed E-state index contributed by atoms with van der Waals surface area (Å²) in [6.45, 7) is 7.85. The van der Waals surface area contributed by atoms with Crippen LogP contribution in [0.1, 0.15) is 58.1 Å². The van der Waals surface area contributed by atoms with Crippen LogP contribution in [0.5, 0.6) is 5.75 Å². The first-order valence-electron chi connectivity index (χ1n) is 9.92. The summed E-state index contributed by atoms with van der Waals surface area (Å²) in [5.74, 6) is 1.36. The van der Waals surface area contributed by atoms with Crippen LogP contribution in [0.3, 0.4) is 0 Å². The van der Waals surface area contributed by atoms with E-state index in [1.165, 1.54) is 12.1 Å². The molecule has 1 aromatic carbocycles. The molecule has 1 aromatic rings. The molecule has 0 bridgehead atoms. The van der Waals surface area contributed by atoms with Crippen LogP contribution < -0.4 is 15.0 Å². The molecule has 1 heterocycles. The molecule has 26 heavy (non-hydrogen) atoms. The van der Waals surface area contributed by atoms with E-state index in [0.717, 1.165) is 43.7 Å². The number of nitrogens with one attached hydrogen (secondary N) is 1. The lowest BCUT2D eigenvalue weighted by atomic mass is 9.86. The average Bonchev–Trinajstić information content (AvgIpc) is 3.11. The SMILES string of the molecule is CCN(CC)c1ccc([C@H]2C[C@@H](NC(C)=O)[C@@H]3CCC[C@H]3O2)c(OC)c1. The normalized spacial score (nSPS) is 27.7. The molecule has 1 saturated carbocycles. The standard InChI is InChI=1S/C21H32N2O3/c1-5-23(6-2)15-10-11-17(20(12-15)25-4)21-13-18(22-14(3)24)16-8-7-9-19(16)26-21/h10-12,16,18-19,21H,5-9,13H2,1-4H3,(H,22,24)/t16-,18+,19+,21+/m0/s1. The van der Waals surface area contributed by atoms with Crippen molar-refractivity contribution in [2.75, 3.05) is 25.1 Å². The molecular formula is C21H32N2O3.